The molecule has 1 amide bonds. The summed E-state index contributed by atoms with van der Waals surface area (Å²) in [6, 6.07) is 0. The number of carbonyl (C=O) groups is 2. The fourth-order valence-electron chi connectivity index (χ4n) is 0.778. The van der Waals surface area contributed by atoms with Gasteiger partial charge in [0, 0.05) is 5.92 Å². The number of amides is 1. The second kappa shape index (κ2) is 4.44. The van der Waals surface area contributed by atoms with Gasteiger partial charge in [0.05, 0.1) is 0 Å². The zero-order valence-corrected chi connectivity index (χ0v) is 9.42. The molecule has 14 heavy (non-hydrogen) atoms. The summed E-state index contributed by atoms with van der Waals surface area (Å²) in [5.74, 6) is -1.21. The molecule has 0 saturated heterocycles. The van der Waals surface area contributed by atoms with Gasteiger partial charge in [0.15, 0.2) is 0 Å². The van der Waals surface area contributed by atoms with E-state index in [4.69, 9.17) is 5.11 Å². The van der Waals surface area contributed by atoms with E-state index in [1.165, 1.54) is 13.8 Å². The van der Waals surface area contributed by atoms with Crippen LogP contribution in [0.4, 0.5) is 0 Å². The quantitative estimate of drug-likeness (QED) is 0.719. The number of hydrogen-bond donors (Lipinski definition) is 2. The normalized spacial score (nSPS) is 13.9. The summed E-state index contributed by atoms with van der Waals surface area (Å²) < 4.78 is 0. The zero-order valence-electron chi connectivity index (χ0n) is 9.42. The largest absolute Gasteiger partial charge is 0.480 e. The molecule has 2 N–H and O–H groups in total. The third-order valence-electron chi connectivity index (χ3n) is 2.38. The van der Waals surface area contributed by atoms with Gasteiger partial charge >= 0.3 is 5.97 Å². The van der Waals surface area contributed by atoms with E-state index in [9.17, 15) is 9.59 Å². The predicted molar refractivity (Wildman–Crippen MR) is 53.9 cm³/mol. The molecule has 0 fully saturated rings. The predicted octanol–water partition coefficient (Wildman–Crippen LogP) is 1.26. The number of hydrogen-bond acceptors (Lipinski definition) is 2. The molecule has 82 valence electrons. The minimum atomic E-state index is -1.19. The van der Waals surface area contributed by atoms with Crippen molar-refractivity contribution in [2.75, 3.05) is 0 Å². The first kappa shape index (κ1) is 12.9. The van der Waals surface area contributed by atoms with Crippen LogP contribution >= 0.6 is 0 Å². The van der Waals surface area contributed by atoms with Crippen LogP contribution < -0.4 is 5.32 Å². The zero-order chi connectivity index (χ0) is 11.5. The SMILES string of the molecule is CC(C)C(C)C(=O)NC(C)(C)C(=O)O. The van der Waals surface area contributed by atoms with Crippen LogP contribution in [-0.4, -0.2) is 22.5 Å². The topological polar surface area (TPSA) is 66.4 Å². The van der Waals surface area contributed by atoms with Crippen LogP contribution in [0.3, 0.4) is 0 Å². The van der Waals surface area contributed by atoms with Gasteiger partial charge in [-0.05, 0) is 19.8 Å². The second-order valence-corrected chi connectivity index (χ2v) is 4.45. The van der Waals surface area contributed by atoms with Crippen molar-refractivity contribution in [3.63, 3.8) is 0 Å². The Balaban J connectivity index is 4.40. The lowest BCUT2D eigenvalue weighted by Crippen LogP contribution is -2.51. The lowest BCUT2D eigenvalue weighted by atomic mass is 9.95. The van der Waals surface area contributed by atoms with Crippen molar-refractivity contribution in [1.29, 1.82) is 0 Å². The van der Waals surface area contributed by atoms with Gasteiger partial charge in [0.2, 0.25) is 5.91 Å². The average Bonchev–Trinajstić information content (AvgIpc) is 2.01. The molecule has 0 radical (unpaired) electrons. The van der Waals surface area contributed by atoms with E-state index in [2.05, 4.69) is 5.32 Å². The lowest BCUT2D eigenvalue weighted by Gasteiger charge is -2.24. The Morgan fingerprint density at radius 2 is 1.64 bits per heavy atom. The van der Waals surface area contributed by atoms with E-state index >= 15 is 0 Å². The summed E-state index contributed by atoms with van der Waals surface area (Å²) in [6.07, 6.45) is 0. The molecule has 0 heterocycles. The van der Waals surface area contributed by atoms with Crippen molar-refractivity contribution < 1.29 is 14.7 Å². The minimum absolute atomic E-state index is 0.173. The van der Waals surface area contributed by atoms with E-state index in [0.717, 1.165) is 0 Å². The molecule has 0 bridgehead atoms. The molecule has 0 aromatic rings. The summed E-state index contributed by atoms with van der Waals surface area (Å²) in [5, 5.41) is 11.3. The number of aliphatic carboxylic acids is 1. The van der Waals surface area contributed by atoms with Crippen LogP contribution in [0.5, 0.6) is 0 Å². The van der Waals surface area contributed by atoms with Gasteiger partial charge in [-0.1, -0.05) is 20.8 Å². The molecule has 0 aromatic heterocycles. The van der Waals surface area contributed by atoms with Crippen molar-refractivity contribution >= 4 is 11.9 Å². The lowest BCUT2D eigenvalue weighted by molar-refractivity contribution is -0.146. The van der Waals surface area contributed by atoms with E-state index in [1.807, 2.05) is 13.8 Å². The molecule has 0 aromatic carbocycles. The minimum Gasteiger partial charge on any atom is -0.480 e. The second-order valence-electron chi connectivity index (χ2n) is 4.45. The Bertz CT molecular complexity index is 234. The summed E-state index contributed by atoms with van der Waals surface area (Å²) in [4.78, 5) is 22.3. The molecule has 0 aliphatic carbocycles. The van der Waals surface area contributed by atoms with Crippen LogP contribution in [0, 0.1) is 11.8 Å². The van der Waals surface area contributed by atoms with Gasteiger partial charge in [-0.3, -0.25) is 4.79 Å². The summed E-state index contributed by atoms with van der Waals surface area (Å²) >= 11 is 0. The molecular formula is C10H19NO3. The molecule has 4 nitrogen and oxygen atoms in total. The smallest absolute Gasteiger partial charge is 0.328 e. The van der Waals surface area contributed by atoms with Crippen molar-refractivity contribution in [1.82, 2.24) is 5.32 Å². The first-order valence-corrected chi connectivity index (χ1v) is 4.74. The molecule has 0 saturated carbocycles. The Hall–Kier alpha value is -1.06. The number of carboxylic acids is 1. The standard InChI is InChI=1S/C10H19NO3/c1-6(2)7(3)8(12)11-10(4,5)9(13)14/h6-7H,1-5H3,(H,11,12)(H,13,14). The van der Waals surface area contributed by atoms with Crippen molar-refractivity contribution in [2.45, 2.75) is 40.2 Å². The highest BCUT2D eigenvalue weighted by Crippen LogP contribution is 2.12. The maximum atomic E-state index is 11.5. The molecule has 0 aliphatic heterocycles. The van der Waals surface area contributed by atoms with Gasteiger partial charge in [0.25, 0.3) is 0 Å². The molecule has 1 unspecified atom stereocenters. The van der Waals surface area contributed by atoms with Gasteiger partial charge < -0.3 is 10.4 Å². The number of nitrogens with one attached hydrogen (secondary N) is 1. The van der Waals surface area contributed by atoms with Crippen molar-refractivity contribution in [3.8, 4) is 0 Å². The Kier molecular flexibility index (Phi) is 4.10. The first-order chi connectivity index (χ1) is 6.18. The summed E-state index contributed by atoms with van der Waals surface area (Å²) in [6.45, 7) is 8.59. The fraction of sp³-hybridized carbons (Fsp3) is 0.800. The number of carboxylic acid groups (broad SMARTS) is 1. The molecule has 4 heteroatoms. The molecular weight excluding hydrogens is 182 g/mol. The van der Waals surface area contributed by atoms with E-state index in [1.54, 1.807) is 6.92 Å². The highest BCUT2D eigenvalue weighted by atomic mass is 16.4. The number of carbonyl (C=O) groups excluding carboxylic acids is 1. The van der Waals surface area contributed by atoms with E-state index < -0.39 is 11.5 Å². The summed E-state index contributed by atoms with van der Waals surface area (Å²) in [7, 11) is 0. The molecule has 0 aliphatic rings. The van der Waals surface area contributed by atoms with Crippen LogP contribution in [0.15, 0.2) is 0 Å². The van der Waals surface area contributed by atoms with Crippen LogP contribution in [-0.2, 0) is 9.59 Å². The van der Waals surface area contributed by atoms with E-state index in [0.29, 0.717) is 0 Å². The highest BCUT2D eigenvalue weighted by molar-refractivity contribution is 5.87. The average molecular weight is 201 g/mol. The molecule has 0 spiro atoms. The Labute approximate surface area is 84.7 Å². The highest BCUT2D eigenvalue weighted by Gasteiger charge is 2.31. The van der Waals surface area contributed by atoms with Gasteiger partial charge in [-0.2, -0.15) is 0 Å². The van der Waals surface area contributed by atoms with Crippen molar-refractivity contribution in [3.05, 3.63) is 0 Å². The maximum Gasteiger partial charge on any atom is 0.328 e. The van der Waals surface area contributed by atoms with E-state index in [-0.39, 0.29) is 17.7 Å². The Morgan fingerprint density at radius 3 is 1.93 bits per heavy atom. The number of rotatable bonds is 4. The van der Waals surface area contributed by atoms with Gasteiger partial charge in [0.1, 0.15) is 5.54 Å². The molecule has 0 rings (SSSR count). The fourth-order valence-corrected chi connectivity index (χ4v) is 0.778. The Morgan fingerprint density at radius 1 is 1.21 bits per heavy atom. The molecule has 1 atom stereocenters. The van der Waals surface area contributed by atoms with Gasteiger partial charge in [-0.15, -0.1) is 0 Å². The maximum absolute atomic E-state index is 11.5. The monoisotopic (exact) mass is 201 g/mol. The van der Waals surface area contributed by atoms with Crippen LogP contribution in [0.1, 0.15) is 34.6 Å². The van der Waals surface area contributed by atoms with Crippen molar-refractivity contribution in [2.24, 2.45) is 11.8 Å². The van der Waals surface area contributed by atoms with Crippen LogP contribution in [0.2, 0.25) is 0 Å². The van der Waals surface area contributed by atoms with Crippen LogP contribution in [0.25, 0.3) is 0 Å². The third kappa shape index (κ3) is 3.36. The van der Waals surface area contributed by atoms with Gasteiger partial charge in [-0.25, -0.2) is 4.79 Å². The first-order valence-electron chi connectivity index (χ1n) is 4.74. The summed E-state index contributed by atoms with van der Waals surface area (Å²) in [5.41, 5.74) is -1.19. The third-order valence-corrected chi connectivity index (χ3v) is 2.38.